The van der Waals surface area contributed by atoms with Crippen molar-refractivity contribution in [2.24, 2.45) is 5.41 Å². The molecule has 2 N–H and O–H groups in total. The predicted molar refractivity (Wildman–Crippen MR) is 93.2 cm³/mol. The van der Waals surface area contributed by atoms with Crippen LogP contribution in [-0.2, 0) is 0 Å². The molecule has 0 saturated carbocycles. The maximum absolute atomic E-state index is 12.7. The molecule has 0 radical (unpaired) electrons. The average Bonchev–Trinajstić information content (AvgIpc) is 3.08. The van der Waals surface area contributed by atoms with Crippen molar-refractivity contribution < 1.29 is 15.0 Å². The number of amides is 1. The number of hydrogen-bond donors (Lipinski definition) is 2. The van der Waals surface area contributed by atoms with Crippen LogP contribution in [0.15, 0.2) is 18.2 Å². The normalized spacial score (nSPS) is 21.2. The molecule has 0 aliphatic carbocycles. The predicted octanol–water partition coefficient (Wildman–Crippen LogP) is 2.01. The van der Waals surface area contributed by atoms with Gasteiger partial charge in [0.25, 0.3) is 5.91 Å². The van der Waals surface area contributed by atoms with E-state index in [9.17, 15) is 15.0 Å². The third-order valence-electron chi connectivity index (χ3n) is 5.64. The minimum Gasteiger partial charge on any atom is -0.508 e. The molecule has 5 heteroatoms. The molecule has 0 unspecified atom stereocenters. The van der Waals surface area contributed by atoms with E-state index in [1.54, 1.807) is 18.2 Å². The Hall–Kier alpha value is -1.59. The zero-order valence-corrected chi connectivity index (χ0v) is 14.5. The van der Waals surface area contributed by atoms with Crippen LogP contribution in [0.5, 0.6) is 5.75 Å². The highest BCUT2D eigenvalue weighted by atomic mass is 16.3. The first-order valence-electron chi connectivity index (χ1n) is 8.95. The first kappa shape index (κ1) is 17.2. The summed E-state index contributed by atoms with van der Waals surface area (Å²) in [6.07, 6.45) is 4.21. The number of carbonyl (C=O) groups excluding carboxylic acids is 1. The van der Waals surface area contributed by atoms with E-state index in [1.165, 1.54) is 12.8 Å². The number of rotatable bonds is 4. The van der Waals surface area contributed by atoms with Crippen LogP contribution in [0.1, 0.15) is 41.6 Å². The van der Waals surface area contributed by atoms with Gasteiger partial charge in [-0.1, -0.05) is 0 Å². The number of hydrogen-bond acceptors (Lipinski definition) is 4. The summed E-state index contributed by atoms with van der Waals surface area (Å²) in [6.45, 7) is 6.64. The topological polar surface area (TPSA) is 64.0 Å². The van der Waals surface area contributed by atoms with Crippen LogP contribution in [0.3, 0.4) is 0 Å². The van der Waals surface area contributed by atoms with Crippen molar-refractivity contribution in [2.45, 2.75) is 32.6 Å². The molecule has 2 fully saturated rings. The van der Waals surface area contributed by atoms with Crippen molar-refractivity contribution in [3.05, 3.63) is 29.3 Å². The van der Waals surface area contributed by atoms with Crippen molar-refractivity contribution in [3.8, 4) is 5.75 Å². The Balaban J connectivity index is 1.63. The second-order valence-corrected chi connectivity index (χ2v) is 7.43. The number of likely N-dealkylation sites (tertiary alicyclic amines) is 2. The van der Waals surface area contributed by atoms with Gasteiger partial charge in [-0.2, -0.15) is 0 Å². The van der Waals surface area contributed by atoms with Crippen molar-refractivity contribution in [1.82, 2.24) is 9.80 Å². The van der Waals surface area contributed by atoms with Gasteiger partial charge in [-0.25, -0.2) is 0 Å². The van der Waals surface area contributed by atoms with E-state index in [1.807, 2.05) is 11.8 Å². The summed E-state index contributed by atoms with van der Waals surface area (Å²) in [4.78, 5) is 17.1. The van der Waals surface area contributed by atoms with Crippen molar-refractivity contribution >= 4 is 5.91 Å². The zero-order valence-electron chi connectivity index (χ0n) is 14.5. The van der Waals surface area contributed by atoms with Gasteiger partial charge in [-0.15, -0.1) is 0 Å². The summed E-state index contributed by atoms with van der Waals surface area (Å²) >= 11 is 0. The summed E-state index contributed by atoms with van der Waals surface area (Å²) in [5.74, 6) is 0.216. The molecule has 5 nitrogen and oxygen atoms in total. The Morgan fingerprint density at radius 2 is 1.83 bits per heavy atom. The number of aliphatic hydroxyl groups is 1. The SMILES string of the molecule is Cc1cc(O)ccc1C(=O)N1CCC(CO)(CN2CCCC2)CC1. The summed E-state index contributed by atoms with van der Waals surface area (Å²) in [6, 6.07) is 4.89. The molecule has 1 amide bonds. The van der Waals surface area contributed by atoms with Crippen LogP contribution >= 0.6 is 0 Å². The number of phenolic OH excluding ortho intramolecular Hbond substituents is 1. The molecule has 1 aromatic rings. The lowest BCUT2D eigenvalue weighted by molar-refractivity contribution is 0.0179. The van der Waals surface area contributed by atoms with Gasteiger partial charge in [0.1, 0.15) is 5.75 Å². The molecule has 2 aliphatic heterocycles. The van der Waals surface area contributed by atoms with E-state index in [2.05, 4.69) is 4.90 Å². The minimum absolute atomic E-state index is 0.0280. The number of phenols is 1. The first-order chi connectivity index (χ1) is 11.5. The molecule has 24 heavy (non-hydrogen) atoms. The van der Waals surface area contributed by atoms with Crippen LogP contribution in [-0.4, -0.2) is 65.3 Å². The molecule has 1 aromatic carbocycles. The number of benzene rings is 1. The van der Waals surface area contributed by atoms with Gasteiger partial charge in [0.2, 0.25) is 0 Å². The van der Waals surface area contributed by atoms with Gasteiger partial charge >= 0.3 is 0 Å². The van der Waals surface area contributed by atoms with Crippen molar-refractivity contribution in [2.75, 3.05) is 39.3 Å². The third-order valence-corrected chi connectivity index (χ3v) is 5.64. The number of aryl methyl sites for hydroxylation is 1. The maximum Gasteiger partial charge on any atom is 0.254 e. The van der Waals surface area contributed by atoms with E-state index < -0.39 is 0 Å². The molecule has 0 bridgehead atoms. The van der Waals surface area contributed by atoms with Crippen LogP contribution in [0.4, 0.5) is 0 Å². The van der Waals surface area contributed by atoms with Crippen LogP contribution in [0, 0.1) is 12.3 Å². The Labute approximate surface area is 143 Å². The van der Waals surface area contributed by atoms with E-state index in [4.69, 9.17) is 0 Å². The zero-order chi connectivity index (χ0) is 17.2. The number of nitrogens with zero attached hydrogens (tertiary/aromatic N) is 2. The second-order valence-electron chi connectivity index (χ2n) is 7.43. The van der Waals surface area contributed by atoms with Crippen LogP contribution < -0.4 is 0 Å². The fraction of sp³-hybridized carbons (Fsp3) is 0.632. The molecule has 3 rings (SSSR count). The number of aliphatic hydroxyl groups excluding tert-OH is 1. The average molecular weight is 332 g/mol. The number of piperidine rings is 1. The van der Waals surface area contributed by atoms with E-state index in [-0.39, 0.29) is 23.7 Å². The van der Waals surface area contributed by atoms with E-state index in [0.29, 0.717) is 18.7 Å². The molecule has 2 heterocycles. The lowest BCUT2D eigenvalue weighted by Gasteiger charge is -2.42. The Kier molecular flexibility index (Phi) is 5.11. The van der Waals surface area contributed by atoms with E-state index >= 15 is 0 Å². The summed E-state index contributed by atoms with van der Waals surface area (Å²) in [5, 5.41) is 19.5. The smallest absolute Gasteiger partial charge is 0.254 e. The molecular formula is C19H28N2O3. The second kappa shape index (κ2) is 7.11. The Bertz CT molecular complexity index is 588. The summed E-state index contributed by atoms with van der Waals surface area (Å²) in [5.41, 5.74) is 1.39. The quantitative estimate of drug-likeness (QED) is 0.885. The first-order valence-corrected chi connectivity index (χ1v) is 8.95. The molecule has 0 atom stereocenters. The minimum atomic E-state index is -0.0644. The molecular weight excluding hydrogens is 304 g/mol. The lowest BCUT2D eigenvalue weighted by Crippen LogP contribution is -2.49. The molecule has 0 spiro atoms. The molecule has 0 aromatic heterocycles. The largest absolute Gasteiger partial charge is 0.508 e. The Morgan fingerprint density at radius 1 is 1.17 bits per heavy atom. The van der Waals surface area contributed by atoms with Crippen molar-refractivity contribution in [1.29, 1.82) is 0 Å². The fourth-order valence-corrected chi connectivity index (χ4v) is 4.02. The van der Waals surface area contributed by atoms with Crippen molar-refractivity contribution in [3.63, 3.8) is 0 Å². The standard InChI is InChI=1S/C19H28N2O3/c1-15-12-16(23)4-5-17(15)18(24)21-10-6-19(14-22,7-11-21)13-20-8-2-3-9-20/h4-5,12,22-23H,2-3,6-11,13-14H2,1H3. The van der Waals surface area contributed by atoms with Gasteiger partial charge in [-0.05, 0) is 69.5 Å². The highest BCUT2D eigenvalue weighted by Crippen LogP contribution is 2.34. The highest BCUT2D eigenvalue weighted by molar-refractivity contribution is 5.95. The Morgan fingerprint density at radius 3 is 2.42 bits per heavy atom. The van der Waals surface area contributed by atoms with Gasteiger partial charge in [0.05, 0.1) is 6.61 Å². The summed E-state index contributed by atoms with van der Waals surface area (Å²) in [7, 11) is 0. The number of aromatic hydroxyl groups is 1. The van der Waals surface area contributed by atoms with Gasteiger partial charge in [-0.3, -0.25) is 4.79 Å². The number of carbonyl (C=O) groups is 1. The van der Waals surface area contributed by atoms with Gasteiger partial charge in [0.15, 0.2) is 0 Å². The molecule has 132 valence electrons. The third kappa shape index (κ3) is 3.57. The summed E-state index contributed by atoms with van der Waals surface area (Å²) < 4.78 is 0. The maximum atomic E-state index is 12.7. The monoisotopic (exact) mass is 332 g/mol. The molecule has 2 aliphatic rings. The van der Waals surface area contributed by atoms with Gasteiger partial charge < -0.3 is 20.0 Å². The van der Waals surface area contributed by atoms with Crippen LogP contribution in [0.25, 0.3) is 0 Å². The van der Waals surface area contributed by atoms with E-state index in [0.717, 1.165) is 38.0 Å². The van der Waals surface area contributed by atoms with Gasteiger partial charge in [0, 0.05) is 30.6 Å². The van der Waals surface area contributed by atoms with Crippen LogP contribution in [0.2, 0.25) is 0 Å². The highest BCUT2D eigenvalue weighted by Gasteiger charge is 2.37. The molecule has 2 saturated heterocycles. The lowest BCUT2D eigenvalue weighted by atomic mass is 9.78. The fourth-order valence-electron chi connectivity index (χ4n) is 4.02.